The Morgan fingerprint density at radius 1 is 1.04 bits per heavy atom. The van der Waals surface area contributed by atoms with E-state index in [1.807, 2.05) is 12.1 Å². The largest absolute Gasteiger partial charge is 0.296 e. The summed E-state index contributed by atoms with van der Waals surface area (Å²) < 4.78 is 23.1. The monoisotopic (exact) mass is 329 g/mol. The lowest BCUT2D eigenvalue weighted by Gasteiger charge is -2.26. The first-order valence-corrected chi connectivity index (χ1v) is 9.84. The van der Waals surface area contributed by atoms with Crippen LogP contribution in [0.5, 0.6) is 0 Å². The van der Waals surface area contributed by atoms with Crippen LogP contribution in [0.4, 0.5) is 0 Å². The average molecular weight is 329 g/mol. The molecule has 0 spiro atoms. The minimum absolute atomic E-state index is 0.266. The second kappa shape index (κ2) is 6.10. The van der Waals surface area contributed by atoms with E-state index in [1.165, 1.54) is 18.2 Å². The number of rotatable bonds is 5. The molecule has 1 saturated carbocycles. The van der Waals surface area contributed by atoms with E-state index in [0.717, 1.165) is 5.56 Å². The van der Waals surface area contributed by atoms with Gasteiger partial charge in [-0.3, -0.25) is 4.90 Å². The number of nitrogens with zero attached hydrogens (tertiary/aromatic N) is 1. The SMILES string of the molecule is C[C@H](c1ccc(S(C)(=O)=O)cc1)N(C)[C@@H]1C[C@H]1c1ccccc1. The summed E-state index contributed by atoms with van der Waals surface area (Å²) in [7, 11) is -0.972. The van der Waals surface area contributed by atoms with Gasteiger partial charge in [0.25, 0.3) is 0 Å². The Labute approximate surface area is 138 Å². The van der Waals surface area contributed by atoms with Crippen LogP contribution in [0.3, 0.4) is 0 Å². The molecule has 1 aliphatic rings. The van der Waals surface area contributed by atoms with Crippen LogP contribution in [0, 0.1) is 0 Å². The van der Waals surface area contributed by atoms with Crippen molar-refractivity contribution in [3.8, 4) is 0 Å². The Balaban J connectivity index is 1.70. The molecule has 3 atom stereocenters. The number of likely N-dealkylation sites (N-methyl/N-ethyl adjacent to an activating group) is 1. The van der Waals surface area contributed by atoms with Gasteiger partial charge in [-0.15, -0.1) is 0 Å². The highest BCUT2D eigenvalue weighted by Gasteiger charge is 2.42. The molecule has 3 nitrogen and oxygen atoms in total. The van der Waals surface area contributed by atoms with Crippen molar-refractivity contribution >= 4 is 9.84 Å². The Morgan fingerprint density at radius 3 is 2.22 bits per heavy atom. The van der Waals surface area contributed by atoms with Gasteiger partial charge in [-0.25, -0.2) is 8.42 Å². The molecule has 0 amide bonds. The fourth-order valence-electron chi connectivity index (χ4n) is 3.21. The Kier molecular flexibility index (Phi) is 4.30. The van der Waals surface area contributed by atoms with Gasteiger partial charge in [0.1, 0.15) is 0 Å². The fraction of sp³-hybridized carbons (Fsp3) is 0.368. The average Bonchev–Trinajstić information content (AvgIpc) is 3.34. The summed E-state index contributed by atoms with van der Waals surface area (Å²) in [4.78, 5) is 2.78. The van der Waals surface area contributed by atoms with Crippen molar-refractivity contribution in [3.05, 3.63) is 65.7 Å². The fourth-order valence-corrected chi connectivity index (χ4v) is 3.84. The summed E-state index contributed by atoms with van der Waals surface area (Å²) in [5.74, 6) is 0.610. The smallest absolute Gasteiger partial charge is 0.175 e. The molecule has 0 heterocycles. The molecule has 0 bridgehead atoms. The number of hydrogen-bond donors (Lipinski definition) is 0. The van der Waals surface area contributed by atoms with Crippen molar-refractivity contribution in [2.45, 2.75) is 36.2 Å². The molecule has 2 aromatic rings. The topological polar surface area (TPSA) is 37.4 Å². The van der Waals surface area contributed by atoms with Crippen LogP contribution in [0.1, 0.15) is 36.4 Å². The maximum absolute atomic E-state index is 11.6. The van der Waals surface area contributed by atoms with E-state index in [4.69, 9.17) is 0 Å². The van der Waals surface area contributed by atoms with E-state index in [2.05, 4.69) is 49.2 Å². The highest BCUT2D eigenvalue weighted by atomic mass is 32.2. The van der Waals surface area contributed by atoms with Crippen LogP contribution in [-0.2, 0) is 9.84 Å². The lowest BCUT2D eigenvalue weighted by Crippen LogP contribution is -2.25. The molecule has 0 unspecified atom stereocenters. The van der Waals surface area contributed by atoms with Crippen LogP contribution in [0.2, 0.25) is 0 Å². The molecule has 122 valence electrons. The highest BCUT2D eigenvalue weighted by molar-refractivity contribution is 7.90. The van der Waals surface area contributed by atoms with E-state index < -0.39 is 9.84 Å². The third kappa shape index (κ3) is 3.48. The Hall–Kier alpha value is -1.65. The third-order valence-corrected chi connectivity index (χ3v) is 6.04. The molecular formula is C19H23NO2S. The van der Waals surface area contributed by atoms with Gasteiger partial charge in [0.15, 0.2) is 9.84 Å². The molecule has 0 N–H and O–H groups in total. The summed E-state index contributed by atoms with van der Waals surface area (Å²) >= 11 is 0. The summed E-state index contributed by atoms with van der Waals surface area (Å²) in [5, 5.41) is 0. The first-order chi connectivity index (χ1) is 10.9. The lowest BCUT2D eigenvalue weighted by atomic mass is 10.1. The quantitative estimate of drug-likeness (QED) is 0.840. The van der Waals surface area contributed by atoms with E-state index in [1.54, 1.807) is 12.1 Å². The molecule has 0 saturated heterocycles. The second-order valence-electron chi connectivity index (χ2n) is 6.50. The molecule has 23 heavy (non-hydrogen) atoms. The van der Waals surface area contributed by atoms with Crippen LogP contribution >= 0.6 is 0 Å². The first kappa shape index (κ1) is 16.2. The van der Waals surface area contributed by atoms with Crippen molar-refractivity contribution in [2.24, 2.45) is 0 Å². The molecule has 0 aromatic heterocycles. The van der Waals surface area contributed by atoms with Gasteiger partial charge in [-0.1, -0.05) is 42.5 Å². The van der Waals surface area contributed by atoms with Crippen LogP contribution < -0.4 is 0 Å². The van der Waals surface area contributed by atoms with Gasteiger partial charge in [0, 0.05) is 24.3 Å². The van der Waals surface area contributed by atoms with E-state index in [0.29, 0.717) is 16.9 Å². The van der Waals surface area contributed by atoms with Gasteiger partial charge in [0.05, 0.1) is 4.90 Å². The van der Waals surface area contributed by atoms with Crippen molar-refractivity contribution in [1.82, 2.24) is 4.90 Å². The minimum Gasteiger partial charge on any atom is -0.296 e. The van der Waals surface area contributed by atoms with Crippen molar-refractivity contribution < 1.29 is 8.42 Å². The maximum atomic E-state index is 11.6. The summed E-state index contributed by atoms with van der Waals surface area (Å²) in [6.07, 6.45) is 2.43. The van der Waals surface area contributed by atoms with Gasteiger partial charge < -0.3 is 0 Å². The number of benzene rings is 2. The molecule has 0 radical (unpaired) electrons. The predicted octanol–water partition coefficient (Wildman–Crippen LogP) is 3.64. The number of sulfone groups is 1. The predicted molar refractivity (Wildman–Crippen MR) is 93.3 cm³/mol. The van der Waals surface area contributed by atoms with Crippen molar-refractivity contribution in [2.75, 3.05) is 13.3 Å². The summed E-state index contributed by atoms with van der Waals surface area (Å²) in [6.45, 7) is 2.18. The minimum atomic E-state index is -3.13. The molecule has 1 aliphatic carbocycles. The normalized spacial score (nSPS) is 22.1. The number of hydrogen-bond acceptors (Lipinski definition) is 3. The molecule has 1 fully saturated rings. The molecular weight excluding hydrogens is 306 g/mol. The molecule has 4 heteroatoms. The van der Waals surface area contributed by atoms with E-state index in [-0.39, 0.29) is 6.04 Å². The van der Waals surface area contributed by atoms with Gasteiger partial charge >= 0.3 is 0 Å². The van der Waals surface area contributed by atoms with Crippen LogP contribution in [0.25, 0.3) is 0 Å². The summed E-state index contributed by atoms with van der Waals surface area (Å²) in [5.41, 5.74) is 2.56. The Bertz CT molecular complexity index is 769. The highest BCUT2D eigenvalue weighted by Crippen LogP contribution is 2.46. The Morgan fingerprint density at radius 2 is 1.65 bits per heavy atom. The molecule has 3 rings (SSSR count). The van der Waals surface area contributed by atoms with Crippen LogP contribution in [0.15, 0.2) is 59.5 Å². The maximum Gasteiger partial charge on any atom is 0.175 e. The third-order valence-electron chi connectivity index (χ3n) is 4.91. The molecule has 2 aromatic carbocycles. The van der Waals surface area contributed by atoms with Crippen LogP contribution in [-0.4, -0.2) is 32.7 Å². The van der Waals surface area contributed by atoms with E-state index in [9.17, 15) is 8.42 Å². The first-order valence-electron chi connectivity index (χ1n) is 7.95. The second-order valence-corrected chi connectivity index (χ2v) is 8.52. The van der Waals surface area contributed by atoms with Crippen molar-refractivity contribution in [1.29, 1.82) is 0 Å². The standard InChI is InChI=1S/C19H23NO2S/c1-14(15-9-11-17(12-10-15)23(3,21)22)20(2)19-13-18(19)16-7-5-4-6-8-16/h4-12,14,18-19H,13H2,1-3H3/t14-,18+,19-/m1/s1. The van der Waals surface area contributed by atoms with Crippen molar-refractivity contribution in [3.63, 3.8) is 0 Å². The zero-order valence-corrected chi connectivity index (χ0v) is 14.6. The zero-order valence-electron chi connectivity index (χ0n) is 13.8. The van der Waals surface area contributed by atoms with E-state index >= 15 is 0 Å². The molecule has 0 aliphatic heterocycles. The zero-order chi connectivity index (χ0) is 16.6. The van der Waals surface area contributed by atoms with Gasteiger partial charge in [-0.2, -0.15) is 0 Å². The van der Waals surface area contributed by atoms with Gasteiger partial charge in [-0.05, 0) is 43.7 Å². The lowest BCUT2D eigenvalue weighted by molar-refractivity contribution is 0.247. The summed E-state index contributed by atoms with van der Waals surface area (Å²) in [6, 6.07) is 18.7. The van der Waals surface area contributed by atoms with Gasteiger partial charge in [0.2, 0.25) is 0 Å².